The fourth-order valence-electron chi connectivity index (χ4n) is 2.95. The Kier molecular flexibility index (Phi) is 7.21. The lowest BCUT2D eigenvalue weighted by molar-refractivity contribution is -0.384. The van der Waals surface area contributed by atoms with E-state index in [1.54, 1.807) is 31.2 Å². The van der Waals surface area contributed by atoms with Gasteiger partial charge in [-0.2, -0.15) is 5.10 Å². The molecule has 0 saturated heterocycles. The lowest BCUT2D eigenvalue weighted by Crippen LogP contribution is -2.13. The second-order valence-electron chi connectivity index (χ2n) is 6.96. The Hall–Kier alpha value is -4.32. The summed E-state index contributed by atoms with van der Waals surface area (Å²) < 4.78 is 37.9. The Labute approximate surface area is 195 Å². The van der Waals surface area contributed by atoms with Crippen LogP contribution >= 0.6 is 0 Å². The molecule has 3 aromatic rings. The standard InChI is InChI=1S/C22H22N4O7S/c1-14(19-10-8-17(33-3)12-22(19)27)23-24-20-11-9-18(13-21(20)26(28)29)34(30,31)25-15-4-6-16(32-2)7-5-15/h4-13,24-25,27H,1-3H3. The third-order valence-electron chi connectivity index (χ3n) is 4.76. The Morgan fingerprint density at radius 1 is 1.00 bits per heavy atom. The number of phenols is 1. The first-order valence-electron chi connectivity index (χ1n) is 9.77. The van der Waals surface area contributed by atoms with Crippen molar-refractivity contribution in [3.05, 3.63) is 76.3 Å². The molecular weight excluding hydrogens is 464 g/mol. The molecule has 0 fully saturated rings. The van der Waals surface area contributed by atoms with Crippen molar-refractivity contribution in [3.8, 4) is 17.2 Å². The van der Waals surface area contributed by atoms with Crippen LogP contribution in [-0.2, 0) is 10.0 Å². The average molecular weight is 487 g/mol. The number of nitrogens with zero attached hydrogens (tertiary/aromatic N) is 2. The van der Waals surface area contributed by atoms with Gasteiger partial charge in [-0.15, -0.1) is 0 Å². The summed E-state index contributed by atoms with van der Waals surface area (Å²) >= 11 is 0. The number of phenolic OH excluding ortho intramolecular Hbond substituents is 1. The molecule has 0 atom stereocenters. The SMILES string of the molecule is COc1ccc(NS(=O)(=O)c2ccc(NN=C(C)c3ccc(OC)cc3O)c([N+](=O)[O-])c2)cc1. The molecule has 12 heteroatoms. The summed E-state index contributed by atoms with van der Waals surface area (Å²) in [6, 6.07) is 14.2. The molecule has 0 aliphatic heterocycles. The third-order valence-corrected chi connectivity index (χ3v) is 6.14. The van der Waals surface area contributed by atoms with E-state index < -0.39 is 20.6 Å². The highest BCUT2D eigenvalue weighted by Gasteiger charge is 2.22. The average Bonchev–Trinajstić information content (AvgIpc) is 2.82. The summed E-state index contributed by atoms with van der Waals surface area (Å²) in [7, 11) is -1.15. The molecule has 0 radical (unpaired) electrons. The summed E-state index contributed by atoms with van der Waals surface area (Å²) in [5.74, 6) is 0.925. The molecule has 0 amide bonds. The van der Waals surface area contributed by atoms with Crippen molar-refractivity contribution in [1.29, 1.82) is 0 Å². The number of hydrogen-bond acceptors (Lipinski definition) is 9. The number of hydrogen-bond donors (Lipinski definition) is 3. The van der Waals surface area contributed by atoms with Gasteiger partial charge in [-0.3, -0.25) is 20.3 Å². The maximum Gasteiger partial charge on any atom is 0.295 e. The van der Waals surface area contributed by atoms with Crippen LogP contribution in [0.5, 0.6) is 17.2 Å². The molecule has 3 aromatic carbocycles. The minimum atomic E-state index is -4.10. The van der Waals surface area contributed by atoms with Gasteiger partial charge in [0.1, 0.15) is 22.9 Å². The number of methoxy groups -OCH3 is 2. The number of anilines is 2. The van der Waals surface area contributed by atoms with Gasteiger partial charge in [0.05, 0.1) is 29.8 Å². The van der Waals surface area contributed by atoms with Gasteiger partial charge < -0.3 is 14.6 Å². The summed E-state index contributed by atoms with van der Waals surface area (Å²) in [4.78, 5) is 10.6. The zero-order chi connectivity index (χ0) is 24.9. The van der Waals surface area contributed by atoms with E-state index in [9.17, 15) is 23.6 Å². The highest BCUT2D eigenvalue weighted by molar-refractivity contribution is 7.92. The maximum absolute atomic E-state index is 12.7. The third kappa shape index (κ3) is 5.53. The van der Waals surface area contributed by atoms with Crippen LogP contribution in [-0.4, -0.2) is 38.4 Å². The van der Waals surface area contributed by atoms with Gasteiger partial charge >= 0.3 is 0 Å². The molecule has 0 aliphatic carbocycles. The van der Waals surface area contributed by atoms with Crippen LogP contribution in [0.4, 0.5) is 17.1 Å². The van der Waals surface area contributed by atoms with Crippen LogP contribution in [0.15, 0.2) is 70.7 Å². The van der Waals surface area contributed by atoms with Gasteiger partial charge in [-0.1, -0.05) is 0 Å². The van der Waals surface area contributed by atoms with Crippen molar-refractivity contribution in [2.24, 2.45) is 5.10 Å². The van der Waals surface area contributed by atoms with E-state index >= 15 is 0 Å². The molecular formula is C22H22N4O7S. The Morgan fingerprint density at radius 2 is 1.65 bits per heavy atom. The van der Waals surface area contributed by atoms with Gasteiger partial charge in [-0.25, -0.2) is 8.42 Å². The molecule has 0 aromatic heterocycles. The van der Waals surface area contributed by atoms with Gasteiger partial charge in [-0.05, 0) is 55.5 Å². The fraction of sp³-hybridized carbons (Fsp3) is 0.136. The van der Waals surface area contributed by atoms with Gasteiger partial charge in [0, 0.05) is 23.4 Å². The zero-order valence-electron chi connectivity index (χ0n) is 18.5. The largest absolute Gasteiger partial charge is 0.507 e. The first-order chi connectivity index (χ1) is 16.1. The first kappa shape index (κ1) is 24.3. The topological polar surface area (TPSA) is 152 Å². The van der Waals surface area contributed by atoms with Crippen molar-refractivity contribution in [2.75, 3.05) is 24.4 Å². The van der Waals surface area contributed by atoms with E-state index in [1.165, 1.54) is 44.6 Å². The molecule has 0 saturated carbocycles. The normalized spacial score (nSPS) is 11.6. The Bertz CT molecular complexity index is 1340. The first-order valence-corrected chi connectivity index (χ1v) is 11.3. The van der Waals surface area contributed by atoms with Crippen LogP contribution in [0, 0.1) is 10.1 Å². The number of nitro benzene ring substituents is 1. The number of hydrazone groups is 1. The summed E-state index contributed by atoms with van der Waals surface area (Å²) in [5.41, 5.74) is 3.04. The van der Waals surface area contributed by atoms with Crippen LogP contribution in [0.25, 0.3) is 0 Å². The summed E-state index contributed by atoms with van der Waals surface area (Å²) in [6.45, 7) is 1.60. The van der Waals surface area contributed by atoms with Crippen molar-refractivity contribution < 1.29 is 27.9 Å². The van der Waals surface area contributed by atoms with Crippen LogP contribution in [0.3, 0.4) is 0 Å². The highest BCUT2D eigenvalue weighted by Crippen LogP contribution is 2.30. The molecule has 3 rings (SSSR count). The minimum absolute atomic E-state index is 0.0271. The zero-order valence-corrected chi connectivity index (χ0v) is 19.3. The van der Waals surface area contributed by atoms with E-state index in [1.807, 2.05) is 0 Å². The fourth-order valence-corrected chi connectivity index (χ4v) is 4.02. The molecule has 3 N–H and O–H groups in total. The number of nitro groups is 1. The molecule has 0 spiro atoms. The number of benzene rings is 3. The number of nitrogens with one attached hydrogen (secondary N) is 2. The van der Waals surface area contributed by atoms with Gasteiger partial charge in [0.2, 0.25) is 0 Å². The number of rotatable bonds is 9. The van der Waals surface area contributed by atoms with Crippen molar-refractivity contribution in [1.82, 2.24) is 0 Å². The van der Waals surface area contributed by atoms with E-state index in [2.05, 4.69) is 15.2 Å². The van der Waals surface area contributed by atoms with E-state index in [0.717, 1.165) is 6.07 Å². The van der Waals surface area contributed by atoms with E-state index in [-0.39, 0.29) is 22.0 Å². The van der Waals surface area contributed by atoms with Crippen molar-refractivity contribution in [2.45, 2.75) is 11.8 Å². The predicted octanol–water partition coefficient (Wildman–Crippen LogP) is 3.95. The second-order valence-corrected chi connectivity index (χ2v) is 8.64. The number of ether oxygens (including phenoxy) is 2. The van der Waals surface area contributed by atoms with E-state index in [4.69, 9.17) is 9.47 Å². The lowest BCUT2D eigenvalue weighted by Gasteiger charge is -2.10. The molecule has 0 bridgehead atoms. The van der Waals surface area contributed by atoms with Crippen LogP contribution in [0.2, 0.25) is 0 Å². The van der Waals surface area contributed by atoms with Crippen molar-refractivity contribution >= 4 is 32.8 Å². The van der Waals surface area contributed by atoms with Gasteiger partial charge in [0.25, 0.3) is 15.7 Å². The summed E-state index contributed by atoms with van der Waals surface area (Å²) in [6.07, 6.45) is 0. The second kappa shape index (κ2) is 10.1. The summed E-state index contributed by atoms with van der Waals surface area (Å²) in [5, 5.41) is 25.8. The van der Waals surface area contributed by atoms with E-state index in [0.29, 0.717) is 22.8 Å². The number of aromatic hydroxyl groups is 1. The highest BCUT2D eigenvalue weighted by atomic mass is 32.2. The van der Waals surface area contributed by atoms with Crippen molar-refractivity contribution in [3.63, 3.8) is 0 Å². The number of sulfonamides is 1. The smallest absolute Gasteiger partial charge is 0.295 e. The lowest BCUT2D eigenvalue weighted by atomic mass is 10.1. The molecule has 178 valence electrons. The van der Waals surface area contributed by atoms with Crippen LogP contribution < -0.4 is 19.6 Å². The van der Waals surface area contributed by atoms with Gasteiger partial charge in [0.15, 0.2) is 0 Å². The quantitative estimate of drug-likeness (QED) is 0.233. The molecule has 0 heterocycles. The molecule has 34 heavy (non-hydrogen) atoms. The van der Waals surface area contributed by atoms with Crippen LogP contribution in [0.1, 0.15) is 12.5 Å². The minimum Gasteiger partial charge on any atom is -0.507 e. The monoisotopic (exact) mass is 486 g/mol. The predicted molar refractivity (Wildman–Crippen MR) is 127 cm³/mol. The Balaban J connectivity index is 1.86. The molecule has 11 nitrogen and oxygen atoms in total. The molecule has 0 aliphatic rings. The maximum atomic E-state index is 12.7. The molecule has 0 unspecified atom stereocenters. The Morgan fingerprint density at radius 3 is 2.24 bits per heavy atom.